The Morgan fingerprint density at radius 2 is 2.21 bits per heavy atom. The van der Waals surface area contributed by atoms with E-state index in [9.17, 15) is 4.79 Å². The van der Waals surface area contributed by atoms with Crippen LogP contribution in [-0.4, -0.2) is 28.4 Å². The largest absolute Gasteiger partial charge is 0.481 e. The molecule has 0 aliphatic rings. The summed E-state index contributed by atoms with van der Waals surface area (Å²) < 4.78 is 9.96. The molecule has 1 heterocycles. The van der Waals surface area contributed by atoms with Crippen LogP contribution in [0.2, 0.25) is 0 Å². The maximum atomic E-state index is 10.2. The topological polar surface area (TPSA) is 85.5 Å². The van der Waals surface area contributed by atoms with Gasteiger partial charge in [0.05, 0.1) is 0 Å². The molecule has 1 N–H and O–H groups in total. The smallest absolute Gasteiger partial charge is 0.303 e. The Hall–Kier alpha value is -1.43. The van der Waals surface area contributed by atoms with Crippen LogP contribution in [0.5, 0.6) is 0 Å². The summed E-state index contributed by atoms with van der Waals surface area (Å²) in [6, 6.07) is 0. The number of rotatable bonds is 6. The number of ether oxygens (including phenoxy) is 1. The fourth-order valence-corrected chi connectivity index (χ4v) is 0.962. The maximum absolute atomic E-state index is 10.2. The second kappa shape index (κ2) is 5.33. The molecular weight excluding hydrogens is 188 g/mol. The Kier molecular flexibility index (Phi) is 4.06. The van der Waals surface area contributed by atoms with Crippen molar-refractivity contribution in [2.75, 3.05) is 7.11 Å². The van der Waals surface area contributed by atoms with E-state index >= 15 is 0 Å². The number of aryl methyl sites for hydroxylation is 1. The summed E-state index contributed by atoms with van der Waals surface area (Å²) >= 11 is 0. The van der Waals surface area contributed by atoms with Gasteiger partial charge in [0.25, 0.3) is 0 Å². The Morgan fingerprint density at radius 3 is 2.86 bits per heavy atom. The highest BCUT2D eigenvalue weighted by Crippen LogP contribution is 2.05. The standard InChI is InChI=1S/C8H12N2O4/c1-13-5-7-10-9-6(14-7)3-2-4-8(11)12/h2-5H2,1H3,(H,11,12). The van der Waals surface area contributed by atoms with Gasteiger partial charge in [0.2, 0.25) is 11.8 Å². The minimum Gasteiger partial charge on any atom is -0.481 e. The first-order valence-electron chi connectivity index (χ1n) is 4.24. The third-order valence-electron chi connectivity index (χ3n) is 1.56. The Balaban J connectivity index is 2.32. The molecule has 0 unspecified atom stereocenters. The summed E-state index contributed by atoms with van der Waals surface area (Å²) in [4.78, 5) is 10.2. The van der Waals surface area contributed by atoms with E-state index in [1.165, 1.54) is 7.11 Å². The second-order valence-corrected chi connectivity index (χ2v) is 2.77. The zero-order chi connectivity index (χ0) is 10.4. The van der Waals surface area contributed by atoms with Gasteiger partial charge in [-0.3, -0.25) is 4.79 Å². The number of hydrogen-bond donors (Lipinski definition) is 1. The summed E-state index contributed by atoms with van der Waals surface area (Å²) in [6.45, 7) is 0.284. The molecule has 0 atom stereocenters. The Labute approximate surface area is 80.9 Å². The van der Waals surface area contributed by atoms with Gasteiger partial charge in [0.1, 0.15) is 6.61 Å². The summed E-state index contributed by atoms with van der Waals surface area (Å²) in [7, 11) is 1.54. The quantitative estimate of drug-likeness (QED) is 0.724. The van der Waals surface area contributed by atoms with E-state index in [1.807, 2.05) is 0 Å². The Morgan fingerprint density at radius 1 is 1.50 bits per heavy atom. The van der Waals surface area contributed by atoms with Crippen molar-refractivity contribution in [1.82, 2.24) is 10.2 Å². The average Bonchev–Trinajstić information content (AvgIpc) is 2.53. The summed E-state index contributed by atoms with van der Waals surface area (Å²) in [5, 5.41) is 15.9. The molecule has 0 aliphatic carbocycles. The zero-order valence-electron chi connectivity index (χ0n) is 7.89. The van der Waals surface area contributed by atoms with Crippen LogP contribution in [0.25, 0.3) is 0 Å². The highest BCUT2D eigenvalue weighted by molar-refractivity contribution is 5.66. The number of aromatic nitrogens is 2. The number of carboxylic acids is 1. The molecule has 0 bridgehead atoms. The second-order valence-electron chi connectivity index (χ2n) is 2.77. The van der Waals surface area contributed by atoms with Crippen molar-refractivity contribution >= 4 is 5.97 Å². The van der Waals surface area contributed by atoms with E-state index < -0.39 is 5.97 Å². The van der Waals surface area contributed by atoms with Crippen molar-refractivity contribution in [2.45, 2.75) is 25.9 Å². The van der Waals surface area contributed by atoms with Gasteiger partial charge in [-0.05, 0) is 6.42 Å². The predicted molar refractivity (Wildman–Crippen MR) is 45.6 cm³/mol. The van der Waals surface area contributed by atoms with E-state index in [0.717, 1.165) is 0 Å². The lowest BCUT2D eigenvalue weighted by Crippen LogP contribution is -1.95. The van der Waals surface area contributed by atoms with Crippen molar-refractivity contribution in [3.8, 4) is 0 Å². The summed E-state index contributed by atoms with van der Waals surface area (Å²) in [5.41, 5.74) is 0. The number of nitrogens with zero attached hydrogens (tertiary/aromatic N) is 2. The molecule has 0 spiro atoms. The molecule has 6 heteroatoms. The molecule has 0 fully saturated rings. The molecule has 0 amide bonds. The Bertz CT molecular complexity index is 297. The normalized spacial score (nSPS) is 10.4. The zero-order valence-corrected chi connectivity index (χ0v) is 7.89. The monoisotopic (exact) mass is 200 g/mol. The highest BCUT2D eigenvalue weighted by Gasteiger charge is 2.06. The molecule has 0 saturated carbocycles. The fraction of sp³-hybridized carbons (Fsp3) is 0.625. The van der Waals surface area contributed by atoms with Crippen LogP contribution in [0.15, 0.2) is 4.42 Å². The van der Waals surface area contributed by atoms with Crippen LogP contribution in [0.3, 0.4) is 0 Å². The molecule has 1 aromatic heterocycles. The minimum absolute atomic E-state index is 0.113. The number of aliphatic carboxylic acids is 1. The third kappa shape index (κ3) is 3.53. The van der Waals surface area contributed by atoms with Crippen molar-refractivity contribution in [1.29, 1.82) is 0 Å². The molecule has 0 aliphatic heterocycles. The molecule has 0 radical (unpaired) electrons. The van der Waals surface area contributed by atoms with E-state index in [4.69, 9.17) is 14.3 Å². The van der Waals surface area contributed by atoms with Crippen LogP contribution in [0, 0.1) is 0 Å². The summed E-state index contributed by atoms with van der Waals surface area (Å²) in [5.74, 6) is 0.0535. The number of carboxylic acid groups (broad SMARTS) is 1. The third-order valence-corrected chi connectivity index (χ3v) is 1.56. The van der Waals surface area contributed by atoms with Crippen molar-refractivity contribution < 1.29 is 19.1 Å². The fourth-order valence-electron chi connectivity index (χ4n) is 0.962. The molecular formula is C8H12N2O4. The van der Waals surface area contributed by atoms with Gasteiger partial charge in [-0.25, -0.2) is 0 Å². The number of methoxy groups -OCH3 is 1. The lowest BCUT2D eigenvalue weighted by molar-refractivity contribution is -0.137. The van der Waals surface area contributed by atoms with Crippen LogP contribution in [-0.2, 0) is 22.6 Å². The molecule has 6 nitrogen and oxygen atoms in total. The molecule has 14 heavy (non-hydrogen) atoms. The first-order chi connectivity index (χ1) is 6.72. The van der Waals surface area contributed by atoms with E-state index in [-0.39, 0.29) is 13.0 Å². The van der Waals surface area contributed by atoms with E-state index in [1.54, 1.807) is 0 Å². The summed E-state index contributed by atoms with van der Waals surface area (Å²) in [6.07, 6.45) is 1.11. The van der Waals surface area contributed by atoms with Gasteiger partial charge >= 0.3 is 5.97 Å². The first kappa shape index (κ1) is 10.6. The van der Waals surface area contributed by atoms with Crippen LogP contribution in [0.4, 0.5) is 0 Å². The molecule has 1 rings (SSSR count). The van der Waals surface area contributed by atoms with Gasteiger partial charge in [-0.1, -0.05) is 0 Å². The SMILES string of the molecule is COCc1nnc(CCCC(=O)O)o1. The molecule has 78 valence electrons. The lowest BCUT2D eigenvalue weighted by Gasteiger charge is -1.92. The predicted octanol–water partition coefficient (Wildman–Crippen LogP) is 0.623. The van der Waals surface area contributed by atoms with Crippen molar-refractivity contribution in [2.24, 2.45) is 0 Å². The van der Waals surface area contributed by atoms with Gasteiger partial charge in [-0.2, -0.15) is 0 Å². The van der Waals surface area contributed by atoms with Crippen LogP contribution < -0.4 is 0 Å². The first-order valence-corrected chi connectivity index (χ1v) is 4.24. The van der Waals surface area contributed by atoms with Gasteiger partial charge < -0.3 is 14.3 Å². The van der Waals surface area contributed by atoms with Crippen molar-refractivity contribution in [3.63, 3.8) is 0 Å². The van der Waals surface area contributed by atoms with Crippen LogP contribution in [0.1, 0.15) is 24.6 Å². The van der Waals surface area contributed by atoms with E-state index in [0.29, 0.717) is 24.6 Å². The van der Waals surface area contributed by atoms with Crippen LogP contribution >= 0.6 is 0 Å². The average molecular weight is 200 g/mol. The van der Waals surface area contributed by atoms with E-state index in [2.05, 4.69) is 10.2 Å². The van der Waals surface area contributed by atoms with Crippen molar-refractivity contribution in [3.05, 3.63) is 11.8 Å². The lowest BCUT2D eigenvalue weighted by atomic mass is 10.2. The number of carbonyl (C=O) groups is 1. The van der Waals surface area contributed by atoms with Gasteiger partial charge in [0, 0.05) is 20.0 Å². The molecule has 0 saturated heterocycles. The van der Waals surface area contributed by atoms with Gasteiger partial charge in [0.15, 0.2) is 0 Å². The number of hydrogen-bond acceptors (Lipinski definition) is 5. The minimum atomic E-state index is -0.818. The van der Waals surface area contributed by atoms with Gasteiger partial charge in [-0.15, -0.1) is 10.2 Å². The maximum Gasteiger partial charge on any atom is 0.303 e. The molecule has 0 aromatic carbocycles. The highest BCUT2D eigenvalue weighted by atomic mass is 16.5. The molecule has 1 aromatic rings.